The summed E-state index contributed by atoms with van der Waals surface area (Å²) in [5.74, 6) is 0. The molecule has 2 aliphatic carbocycles. The van der Waals surface area contributed by atoms with Crippen LogP contribution in [0.4, 0.5) is 0 Å². The fraction of sp³-hybridized carbons (Fsp3) is 0.222. The molecule has 2 aromatic carbocycles. The average molecular weight is 481 g/mol. The van der Waals surface area contributed by atoms with Crippen LogP contribution in [0.25, 0.3) is 17.2 Å². The summed E-state index contributed by atoms with van der Waals surface area (Å²) >= 11 is -2.47. The molecule has 3 heteroatoms. The van der Waals surface area contributed by atoms with Gasteiger partial charge in [-0.05, 0) is 0 Å². The van der Waals surface area contributed by atoms with Crippen molar-refractivity contribution in [3.05, 3.63) is 64.7 Å². The Bertz CT molecular complexity index is 720. The second-order valence-electron chi connectivity index (χ2n) is 5.74. The fourth-order valence-corrected chi connectivity index (χ4v) is 9.33. The number of hydrogen-bond donors (Lipinski definition) is 0. The van der Waals surface area contributed by atoms with Gasteiger partial charge in [-0.25, -0.2) is 0 Å². The fourth-order valence-electron chi connectivity index (χ4n) is 3.64. The Morgan fingerprint density at radius 3 is 2.62 bits per heavy atom. The van der Waals surface area contributed by atoms with Gasteiger partial charge in [0.25, 0.3) is 0 Å². The third-order valence-electron chi connectivity index (χ3n) is 4.56. The summed E-state index contributed by atoms with van der Waals surface area (Å²) in [5.41, 5.74) is 8.58. The molecule has 0 heterocycles. The van der Waals surface area contributed by atoms with E-state index in [0.29, 0.717) is 3.67 Å². The predicted molar refractivity (Wildman–Crippen MR) is 87.4 cm³/mol. The molecule has 21 heavy (non-hydrogen) atoms. The number of halogens is 2. The first-order chi connectivity index (χ1) is 10.3. The maximum absolute atomic E-state index is 6.39. The zero-order chi connectivity index (χ0) is 14.4. The molecular formula is C18H15Cl2Hf. The monoisotopic (exact) mass is 481 g/mol. The summed E-state index contributed by atoms with van der Waals surface area (Å²) in [4.78, 5) is 0. The van der Waals surface area contributed by atoms with Crippen molar-refractivity contribution in [1.29, 1.82) is 0 Å². The Morgan fingerprint density at radius 1 is 1.05 bits per heavy atom. The van der Waals surface area contributed by atoms with Crippen LogP contribution in [0.1, 0.15) is 32.3 Å². The molecule has 0 amide bonds. The molecule has 1 unspecified atom stereocenters. The van der Waals surface area contributed by atoms with Crippen molar-refractivity contribution in [2.75, 3.05) is 0 Å². The van der Waals surface area contributed by atoms with Gasteiger partial charge < -0.3 is 0 Å². The molecule has 0 nitrogen and oxygen atoms in total. The van der Waals surface area contributed by atoms with Crippen LogP contribution in [-0.2, 0) is 31.9 Å². The van der Waals surface area contributed by atoms with Crippen molar-refractivity contribution in [3.8, 4) is 11.1 Å². The van der Waals surface area contributed by atoms with Gasteiger partial charge in [0.1, 0.15) is 0 Å². The molecule has 2 aliphatic rings. The summed E-state index contributed by atoms with van der Waals surface area (Å²) < 4.78 is 0.335. The van der Waals surface area contributed by atoms with E-state index in [-0.39, 0.29) is 0 Å². The maximum atomic E-state index is 6.39. The van der Waals surface area contributed by atoms with Crippen LogP contribution in [0, 0.1) is 0 Å². The minimum atomic E-state index is -2.47. The van der Waals surface area contributed by atoms with Crippen molar-refractivity contribution < 1.29 is 19.1 Å². The van der Waals surface area contributed by atoms with Crippen LogP contribution in [0.15, 0.2) is 42.5 Å². The van der Waals surface area contributed by atoms with Crippen LogP contribution in [0.3, 0.4) is 0 Å². The zero-order valence-electron chi connectivity index (χ0n) is 11.6. The van der Waals surface area contributed by atoms with Gasteiger partial charge in [0, 0.05) is 0 Å². The molecule has 0 saturated carbocycles. The standard InChI is InChI=1S/C18H15.2ClH.Hf/c1-2-6-13(7-3-1)18-16-10-4-8-14(16)12-15-9-5-11-17(15)18;;;/h1-4,6-8,10,12H,5,9,11H2;2*1H;/q;;;+2/p-2. The Morgan fingerprint density at radius 2 is 1.86 bits per heavy atom. The minimum absolute atomic E-state index is 0.335. The van der Waals surface area contributed by atoms with Gasteiger partial charge in [-0.3, -0.25) is 0 Å². The molecule has 0 radical (unpaired) electrons. The first-order valence-corrected chi connectivity index (χ1v) is 18.3. The van der Waals surface area contributed by atoms with Gasteiger partial charge in [0.05, 0.1) is 0 Å². The molecule has 0 saturated heterocycles. The molecule has 0 spiro atoms. The van der Waals surface area contributed by atoms with Crippen molar-refractivity contribution in [2.24, 2.45) is 0 Å². The topological polar surface area (TPSA) is 0 Å². The van der Waals surface area contributed by atoms with Crippen LogP contribution in [0.5, 0.6) is 0 Å². The summed E-state index contributed by atoms with van der Waals surface area (Å²) in [6, 6.07) is 13.2. The van der Waals surface area contributed by atoms with E-state index in [1.807, 2.05) is 0 Å². The Balaban J connectivity index is 1.98. The third-order valence-corrected chi connectivity index (χ3v) is 11.9. The van der Waals surface area contributed by atoms with E-state index in [2.05, 4.69) is 48.6 Å². The summed E-state index contributed by atoms with van der Waals surface area (Å²) in [7, 11) is 12.8. The van der Waals surface area contributed by atoms with Crippen molar-refractivity contribution in [3.63, 3.8) is 0 Å². The molecule has 2 aromatic rings. The Labute approximate surface area is 140 Å². The van der Waals surface area contributed by atoms with Crippen LogP contribution in [-0.4, -0.2) is 0 Å². The van der Waals surface area contributed by atoms with Gasteiger partial charge in [-0.2, -0.15) is 0 Å². The van der Waals surface area contributed by atoms with E-state index < -0.39 is 19.1 Å². The Hall–Kier alpha value is -0.370. The zero-order valence-corrected chi connectivity index (χ0v) is 16.7. The summed E-state index contributed by atoms with van der Waals surface area (Å²) in [6.07, 6.45) is 8.16. The van der Waals surface area contributed by atoms with Gasteiger partial charge in [-0.15, -0.1) is 0 Å². The van der Waals surface area contributed by atoms with Crippen molar-refractivity contribution in [2.45, 2.75) is 22.9 Å². The number of fused-ring (bicyclic) bond motifs is 2. The number of aryl methyl sites for hydroxylation is 1. The van der Waals surface area contributed by atoms with E-state index in [4.69, 9.17) is 17.2 Å². The van der Waals surface area contributed by atoms with E-state index in [0.717, 1.165) is 0 Å². The number of allylic oxidation sites excluding steroid dienone is 1. The molecular weight excluding hydrogens is 466 g/mol. The first-order valence-electron chi connectivity index (χ1n) is 7.36. The van der Waals surface area contributed by atoms with Gasteiger partial charge in [0.2, 0.25) is 0 Å². The Kier molecular flexibility index (Phi) is 3.85. The number of benzene rings is 2. The summed E-state index contributed by atoms with van der Waals surface area (Å²) in [5, 5.41) is 0. The van der Waals surface area contributed by atoms with Gasteiger partial charge >= 0.3 is 141 Å². The molecule has 105 valence electrons. The molecule has 0 fully saturated rings. The average Bonchev–Trinajstić information content (AvgIpc) is 3.11. The quantitative estimate of drug-likeness (QED) is 0.474. The first kappa shape index (κ1) is 14.2. The molecule has 0 aromatic heterocycles. The normalized spacial score (nSPS) is 18.7. The van der Waals surface area contributed by atoms with E-state index in [1.54, 1.807) is 5.56 Å². The SMILES string of the molecule is [Cl][Hf]([Cl])[CH]1C=Cc2c1cc1c(c2-c2ccccc2)CCC1. The van der Waals surface area contributed by atoms with Crippen LogP contribution in [0.2, 0.25) is 0 Å². The van der Waals surface area contributed by atoms with Gasteiger partial charge in [0.15, 0.2) is 0 Å². The van der Waals surface area contributed by atoms with E-state index >= 15 is 0 Å². The number of rotatable bonds is 2. The van der Waals surface area contributed by atoms with Crippen LogP contribution >= 0.6 is 17.2 Å². The third kappa shape index (κ3) is 2.38. The van der Waals surface area contributed by atoms with Crippen molar-refractivity contribution in [1.82, 2.24) is 0 Å². The second kappa shape index (κ2) is 5.68. The van der Waals surface area contributed by atoms with Gasteiger partial charge in [-0.1, -0.05) is 0 Å². The predicted octanol–water partition coefficient (Wildman–Crippen LogP) is 5.84. The van der Waals surface area contributed by atoms with Crippen LogP contribution < -0.4 is 0 Å². The van der Waals surface area contributed by atoms with Crippen molar-refractivity contribution >= 4 is 23.2 Å². The van der Waals surface area contributed by atoms with E-state index in [9.17, 15) is 0 Å². The van der Waals surface area contributed by atoms with E-state index in [1.165, 1.54) is 47.1 Å². The molecule has 0 N–H and O–H groups in total. The molecule has 0 bridgehead atoms. The molecule has 0 aliphatic heterocycles. The second-order valence-corrected chi connectivity index (χ2v) is 18.3. The molecule has 4 rings (SSSR count). The molecule has 1 atom stereocenters. The summed E-state index contributed by atoms with van der Waals surface area (Å²) in [6.45, 7) is 0. The number of hydrogen-bond acceptors (Lipinski definition) is 0.